The summed E-state index contributed by atoms with van der Waals surface area (Å²) in [6.45, 7) is 1.34. The molecule has 0 saturated carbocycles. The zero-order valence-corrected chi connectivity index (χ0v) is 7.62. The van der Waals surface area contributed by atoms with Crippen molar-refractivity contribution in [2.24, 2.45) is 5.73 Å². The highest BCUT2D eigenvalue weighted by Gasteiger charge is 1.96. The molecule has 0 aliphatic rings. The lowest BCUT2D eigenvalue weighted by Gasteiger charge is -1.99. The Morgan fingerprint density at radius 2 is 2.45 bits per heavy atom. The maximum atomic E-state index is 5.68. The first-order chi connectivity index (χ1) is 5.33. The molecule has 11 heavy (non-hydrogen) atoms. The predicted octanol–water partition coefficient (Wildman–Crippen LogP) is 2.13. The van der Waals surface area contributed by atoms with Gasteiger partial charge in [-0.15, -0.1) is 11.3 Å². The van der Waals surface area contributed by atoms with Crippen LogP contribution in [0.5, 0.6) is 5.06 Å². The molecule has 62 valence electrons. The summed E-state index contributed by atoms with van der Waals surface area (Å²) in [6, 6.07) is 1.81. The molecule has 0 radical (unpaired) electrons. The number of hydrogen-bond acceptors (Lipinski definition) is 3. The summed E-state index contributed by atoms with van der Waals surface area (Å²) in [6.07, 6.45) is 0.884. The first kappa shape index (κ1) is 8.84. The summed E-state index contributed by atoms with van der Waals surface area (Å²) in [5, 5.41) is 3.44. The van der Waals surface area contributed by atoms with Crippen LogP contribution in [0.1, 0.15) is 6.42 Å². The molecule has 4 heteroatoms. The Balaban J connectivity index is 2.27. The van der Waals surface area contributed by atoms with Crippen molar-refractivity contribution < 1.29 is 4.74 Å². The lowest BCUT2D eigenvalue weighted by atomic mass is 10.5. The maximum Gasteiger partial charge on any atom is 0.175 e. The third-order valence-corrected chi connectivity index (χ3v) is 2.32. The topological polar surface area (TPSA) is 35.2 Å². The number of rotatable bonds is 4. The quantitative estimate of drug-likeness (QED) is 0.741. The second-order valence-corrected chi connectivity index (χ2v) is 3.38. The van der Waals surface area contributed by atoms with E-state index in [1.54, 1.807) is 0 Å². The predicted molar refractivity (Wildman–Crippen MR) is 48.5 cm³/mol. The monoisotopic (exact) mass is 191 g/mol. The Kier molecular flexibility index (Phi) is 3.69. The van der Waals surface area contributed by atoms with Crippen LogP contribution in [0.25, 0.3) is 0 Å². The summed E-state index contributed by atoms with van der Waals surface area (Å²) < 4.78 is 5.32. The molecule has 1 aromatic rings. The van der Waals surface area contributed by atoms with Crippen LogP contribution in [0.4, 0.5) is 0 Å². The number of halogens is 1. The highest BCUT2D eigenvalue weighted by Crippen LogP contribution is 2.26. The Bertz CT molecular complexity index is 214. The van der Waals surface area contributed by atoms with Gasteiger partial charge in [-0.2, -0.15) is 0 Å². The molecule has 1 aromatic heterocycles. The minimum Gasteiger partial charge on any atom is -0.484 e. The van der Waals surface area contributed by atoms with E-state index in [4.69, 9.17) is 22.1 Å². The molecule has 1 rings (SSSR count). The van der Waals surface area contributed by atoms with Gasteiger partial charge < -0.3 is 10.5 Å². The van der Waals surface area contributed by atoms with Crippen LogP contribution in [-0.2, 0) is 0 Å². The van der Waals surface area contributed by atoms with E-state index in [1.807, 2.05) is 11.4 Å². The van der Waals surface area contributed by atoms with Crippen molar-refractivity contribution in [3.8, 4) is 5.06 Å². The van der Waals surface area contributed by atoms with Gasteiger partial charge in [0.05, 0.1) is 11.6 Å². The summed E-state index contributed by atoms with van der Waals surface area (Å²) in [5.41, 5.74) is 5.30. The van der Waals surface area contributed by atoms with Crippen LogP contribution >= 0.6 is 22.9 Å². The molecule has 2 nitrogen and oxygen atoms in total. The minimum absolute atomic E-state index is 0.666. The normalized spacial score (nSPS) is 10.0. The first-order valence-corrected chi connectivity index (χ1v) is 4.65. The van der Waals surface area contributed by atoms with Crippen LogP contribution in [0, 0.1) is 0 Å². The molecule has 0 aliphatic carbocycles. The molecule has 2 N–H and O–H groups in total. The molecule has 0 atom stereocenters. The van der Waals surface area contributed by atoms with E-state index in [0.29, 0.717) is 13.2 Å². The molecule has 0 fully saturated rings. The van der Waals surface area contributed by atoms with E-state index >= 15 is 0 Å². The van der Waals surface area contributed by atoms with Crippen molar-refractivity contribution >= 4 is 22.9 Å². The Labute approximate surface area is 74.9 Å². The zero-order chi connectivity index (χ0) is 8.10. The van der Waals surface area contributed by atoms with Gasteiger partial charge in [0.1, 0.15) is 0 Å². The second kappa shape index (κ2) is 4.59. The maximum absolute atomic E-state index is 5.68. The third-order valence-electron chi connectivity index (χ3n) is 1.14. The van der Waals surface area contributed by atoms with Crippen LogP contribution in [0.3, 0.4) is 0 Å². The van der Waals surface area contributed by atoms with Gasteiger partial charge in [0.15, 0.2) is 5.06 Å². The van der Waals surface area contributed by atoms with Crippen LogP contribution in [-0.4, -0.2) is 13.2 Å². The van der Waals surface area contributed by atoms with Gasteiger partial charge in [-0.05, 0) is 13.0 Å². The highest BCUT2D eigenvalue weighted by atomic mass is 35.5. The fourth-order valence-electron chi connectivity index (χ4n) is 0.627. The average Bonchev–Trinajstić information content (AvgIpc) is 2.37. The zero-order valence-electron chi connectivity index (χ0n) is 6.05. The van der Waals surface area contributed by atoms with Gasteiger partial charge in [-0.1, -0.05) is 11.6 Å². The lowest BCUT2D eigenvalue weighted by molar-refractivity contribution is 0.322. The summed E-state index contributed by atoms with van der Waals surface area (Å²) >= 11 is 7.18. The minimum atomic E-state index is 0.666. The van der Waals surface area contributed by atoms with Gasteiger partial charge in [0.2, 0.25) is 0 Å². The summed E-state index contributed by atoms with van der Waals surface area (Å²) in [5.74, 6) is 0. The van der Waals surface area contributed by atoms with Gasteiger partial charge in [0.25, 0.3) is 0 Å². The molecule has 1 heterocycles. The summed E-state index contributed by atoms with van der Waals surface area (Å²) in [4.78, 5) is 0. The second-order valence-electron chi connectivity index (χ2n) is 2.07. The summed E-state index contributed by atoms with van der Waals surface area (Å²) in [7, 11) is 0. The van der Waals surface area contributed by atoms with Gasteiger partial charge >= 0.3 is 0 Å². The highest BCUT2D eigenvalue weighted by molar-refractivity contribution is 7.12. The van der Waals surface area contributed by atoms with Crippen molar-refractivity contribution in [3.63, 3.8) is 0 Å². The molecule has 0 aromatic carbocycles. The number of ether oxygens (including phenoxy) is 1. The van der Waals surface area contributed by atoms with Crippen LogP contribution in [0.15, 0.2) is 11.4 Å². The SMILES string of the molecule is NCCCOc1cc(Cl)cs1. The van der Waals surface area contributed by atoms with E-state index in [0.717, 1.165) is 16.5 Å². The van der Waals surface area contributed by atoms with E-state index in [-0.39, 0.29) is 0 Å². The Morgan fingerprint density at radius 1 is 1.64 bits per heavy atom. The van der Waals surface area contributed by atoms with Gasteiger partial charge in [-0.25, -0.2) is 0 Å². The van der Waals surface area contributed by atoms with E-state index in [2.05, 4.69) is 0 Å². The number of nitrogens with two attached hydrogens (primary N) is 1. The molecule has 0 aliphatic heterocycles. The molecular formula is C7H10ClNOS. The van der Waals surface area contributed by atoms with Gasteiger partial charge in [0, 0.05) is 11.4 Å². The van der Waals surface area contributed by atoms with E-state index < -0.39 is 0 Å². The van der Waals surface area contributed by atoms with Crippen molar-refractivity contribution in [2.75, 3.05) is 13.2 Å². The Morgan fingerprint density at radius 3 is 3.00 bits per heavy atom. The average molecular weight is 192 g/mol. The number of thiophene rings is 1. The molecular weight excluding hydrogens is 182 g/mol. The fourth-order valence-corrected chi connectivity index (χ4v) is 1.57. The van der Waals surface area contributed by atoms with Crippen molar-refractivity contribution in [2.45, 2.75) is 6.42 Å². The molecule has 0 saturated heterocycles. The van der Waals surface area contributed by atoms with Crippen molar-refractivity contribution in [3.05, 3.63) is 16.5 Å². The van der Waals surface area contributed by atoms with Crippen molar-refractivity contribution in [1.29, 1.82) is 0 Å². The third kappa shape index (κ3) is 3.10. The number of hydrogen-bond donors (Lipinski definition) is 1. The lowest BCUT2D eigenvalue weighted by Crippen LogP contribution is -2.05. The van der Waals surface area contributed by atoms with Crippen LogP contribution in [0.2, 0.25) is 5.02 Å². The smallest absolute Gasteiger partial charge is 0.175 e. The molecule has 0 amide bonds. The standard InChI is InChI=1S/C7H10ClNOS/c8-6-4-7(11-5-6)10-3-1-2-9/h4-5H,1-3,9H2. The fraction of sp³-hybridized carbons (Fsp3) is 0.429. The largest absolute Gasteiger partial charge is 0.484 e. The molecule has 0 bridgehead atoms. The first-order valence-electron chi connectivity index (χ1n) is 3.40. The van der Waals surface area contributed by atoms with Crippen LogP contribution < -0.4 is 10.5 Å². The van der Waals surface area contributed by atoms with Crippen molar-refractivity contribution in [1.82, 2.24) is 0 Å². The van der Waals surface area contributed by atoms with E-state index in [1.165, 1.54) is 11.3 Å². The Hall–Kier alpha value is -0.250. The molecule has 0 spiro atoms. The molecule has 0 unspecified atom stereocenters. The van der Waals surface area contributed by atoms with E-state index in [9.17, 15) is 0 Å². The van der Waals surface area contributed by atoms with Gasteiger partial charge in [-0.3, -0.25) is 0 Å².